The van der Waals surface area contributed by atoms with Gasteiger partial charge in [0.25, 0.3) is 0 Å². The third-order valence-electron chi connectivity index (χ3n) is 3.18. The van der Waals surface area contributed by atoms with Crippen molar-refractivity contribution in [1.29, 1.82) is 0 Å². The average Bonchev–Trinajstić information content (AvgIpc) is 1.95. The summed E-state index contributed by atoms with van der Waals surface area (Å²) in [5.41, 5.74) is 5.66. The Labute approximate surface area is 64.0 Å². The first-order valence-electron chi connectivity index (χ1n) is 4.45. The van der Waals surface area contributed by atoms with Crippen molar-refractivity contribution in [2.45, 2.75) is 33.1 Å². The minimum Gasteiger partial charge on any atom is -0.330 e. The lowest BCUT2D eigenvalue weighted by Crippen LogP contribution is -2.29. The van der Waals surface area contributed by atoms with Crippen LogP contribution >= 0.6 is 0 Å². The first-order chi connectivity index (χ1) is 4.75. The van der Waals surface area contributed by atoms with E-state index in [4.69, 9.17) is 5.73 Å². The van der Waals surface area contributed by atoms with Crippen LogP contribution in [0.3, 0.4) is 0 Å². The Morgan fingerprint density at radius 2 is 2.00 bits per heavy atom. The third kappa shape index (κ3) is 1.51. The summed E-state index contributed by atoms with van der Waals surface area (Å²) in [5.74, 6) is 2.57. The Morgan fingerprint density at radius 3 is 2.50 bits per heavy atom. The molecule has 1 fully saturated rings. The predicted molar refractivity (Wildman–Crippen MR) is 44.7 cm³/mol. The lowest BCUT2D eigenvalue weighted by atomic mass is 9.74. The minimum absolute atomic E-state index is 0.809. The van der Waals surface area contributed by atoms with Crippen molar-refractivity contribution in [3.8, 4) is 0 Å². The van der Waals surface area contributed by atoms with Crippen molar-refractivity contribution in [2.75, 3.05) is 6.54 Å². The van der Waals surface area contributed by atoms with Gasteiger partial charge < -0.3 is 5.73 Å². The molecule has 0 unspecified atom stereocenters. The molecule has 1 aliphatic carbocycles. The maximum Gasteiger partial charge on any atom is -0.00462 e. The average molecular weight is 141 g/mol. The Hall–Kier alpha value is -0.0400. The van der Waals surface area contributed by atoms with Gasteiger partial charge in [-0.2, -0.15) is 0 Å². The first-order valence-corrected chi connectivity index (χ1v) is 4.45. The molecule has 3 atom stereocenters. The Morgan fingerprint density at radius 1 is 1.30 bits per heavy atom. The van der Waals surface area contributed by atoms with Crippen molar-refractivity contribution in [1.82, 2.24) is 0 Å². The number of nitrogens with two attached hydrogens (primary N) is 1. The van der Waals surface area contributed by atoms with Crippen molar-refractivity contribution in [3.63, 3.8) is 0 Å². The van der Waals surface area contributed by atoms with E-state index in [0.717, 1.165) is 24.3 Å². The summed E-state index contributed by atoms with van der Waals surface area (Å²) in [4.78, 5) is 0. The molecular formula is C9H19N. The van der Waals surface area contributed by atoms with Crippen LogP contribution in [-0.4, -0.2) is 6.54 Å². The molecule has 0 spiro atoms. The van der Waals surface area contributed by atoms with Gasteiger partial charge in [-0.1, -0.05) is 26.7 Å². The van der Waals surface area contributed by atoms with E-state index in [9.17, 15) is 0 Å². The van der Waals surface area contributed by atoms with Crippen molar-refractivity contribution in [3.05, 3.63) is 0 Å². The van der Waals surface area contributed by atoms with Gasteiger partial charge in [-0.25, -0.2) is 0 Å². The van der Waals surface area contributed by atoms with Gasteiger partial charge in [-0.05, 0) is 30.7 Å². The molecule has 2 N–H and O–H groups in total. The third-order valence-corrected chi connectivity index (χ3v) is 3.18. The Kier molecular flexibility index (Phi) is 2.72. The summed E-state index contributed by atoms with van der Waals surface area (Å²) in [6.45, 7) is 5.60. The normalized spacial score (nSPS) is 41.7. The Bertz CT molecular complexity index is 101. The second-order valence-electron chi connectivity index (χ2n) is 3.76. The molecule has 0 bridgehead atoms. The Balaban J connectivity index is 2.42. The highest BCUT2D eigenvalue weighted by Crippen LogP contribution is 2.33. The summed E-state index contributed by atoms with van der Waals surface area (Å²) in [6.07, 6.45) is 4.17. The van der Waals surface area contributed by atoms with Crippen LogP contribution in [0.25, 0.3) is 0 Å². The molecule has 1 heteroatoms. The van der Waals surface area contributed by atoms with Crippen molar-refractivity contribution < 1.29 is 0 Å². The molecule has 10 heavy (non-hydrogen) atoms. The van der Waals surface area contributed by atoms with E-state index < -0.39 is 0 Å². The maximum atomic E-state index is 5.66. The van der Waals surface area contributed by atoms with Crippen LogP contribution in [0.1, 0.15) is 33.1 Å². The molecule has 0 aromatic carbocycles. The molecule has 0 aromatic heterocycles. The van der Waals surface area contributed by atoms with Gasteiger partial charge in [0.05, 0.1) is 0 Å². The zero-order valence-corrected chi connectivity index (χ0v) is 7.14. The SMILES string of the molecule is C[C@@H]1[C@@H](CN)CCC[C@H]1C. The number of hydrogen-bond donors (Lipinski definition) is 1. The highest BCUT2D eigenvalue weighted by molar-refractivity contribution is 4.77. The largest absolute Gasteiger partial charge is 0.330 e. The van der Waals surface area contributed by atoms with Crippen LogP contribution in [0.5, 0.6) is 0 Å². The molecule has 0 amide bonds. The molecular weight excluding hydrogens is 122 g/mol. The maximum absolute atomic E-state index is 5.66. The summed E-state index contributed by atoms with van der Waals surface area (Å²) in [6, 6.07) is 0. The predicted octanol–water partition coefficient (Wildman–Crippen LogP) is 2.02. The molecule has 0 aromatic rings. The molecule has 1 rings (SSSR count). The van der Waals surface area contributed by atoms with Gasteiger partial charge in [0, 0.05) is 0 Å². The minimum atomic E-state index is 0.809. The van der Waals surface area contributed by atoms with E-state index in [1.54, 1.807) is 0 Å². The van der Waals surface area contributed by atoms with Crippen LogP contribution in [0.15, 0.2) is 0 Å². The molecule has 1 nitrogen and oxygen atoms in total. The lowest BCUT2D eigenvalue weighted by molar-refractivity contribution is 0.188. The van der Waals surface area contributed by atoms with E-state index in [2.05, 4.69) is 13.8 Å². The standard InChI is InChI=1S/C9H19N/c1-7-4-3-5-9(6-10)8(7)2/h7-9H,3-6,10H2,1-2H3/t7-,8+,9-/m1/s1. The fourth-order valence-electron chi connectivity index (χ4n) is 2.02. The fourth-order valence-corrected chi connectivity index (χ4v) is 2.02. The van der Waals surface area contributed by atoms with E-state index in [1.165, 1.54) is 19.3 Å². The van der Waals surface area contributed by atoms with Gasteiger partial charge in [0.15, 0.2) is 0 Å². The molecule has 0 saturated heterocycles. The lowest BCUT2D eigenvalue weighted by Gasteiger charge is -2.33. The summed E-state index contributed by atoms with van der Waals surface area (Å²) in [7, 11) is 0. The highest BCUT2D eigenvalue weighted by atomic mass is 14.6. The van der Waals surface area contributed by atoms with E-state index >= 15 is 0 Å². The first kappa shape index (κ1) is 8.06. The van der Waals surface area contributed by atoms with Crippen molar-refractivity contribution >= 4 is 0 Å². The van der Waals surface area contributed by atoms with Crippen molar-refractivity contribution in [2.24, 2.45) is 23.5 Å². The van der Waals surface area contributed by atoms with Gasteiger partial charge >= 0.3 is 0 Å². The fraction of sp³-hybridized carbons (Fsp3) is 1.00. The van der Waals surface area contributed by atoms with Gasteiger partial charge in [-0.3, -0.25) is 0 Å². The number of rotatable bonds is 1. The van der Waals surface area contributed by atoms with Crippen LogP contribution in [0.2, 0.25) is 0 Å². The topological polar surface area (TPSA) is 26.0 Å². The summed E-state index contributed by atoms with van der Waals surface area (Å²) < 4.78 is 0. The molecule has 0 radical (unpaired) electrons. The number of hydrogen-bond acceptors (Lipinski definition) is 1. The summed E-state index contributed by atoms with van der Waals surface area (Å²) >= 11 is 0. The van der Waals surface area contributed by atoms with E-state index in [0.29, 0.717) is 0 Å². The van der Waals surface area contributed by atoms with Crippen LogP contribution < -0.4 is 5.73 Å². The van der Waals surface area contributed by atoms with E-state index in [1.807, 2.05) is 0 Å². The molecule has 1 aliphatic rings. The zero-order chi connectivity index (χ0) is 7.56. The second kappa shape index (κ2) is 3.38. The van der Waals surface area contributed by atoms with Crippen LogP contribution in [-0.2, 0) is 0 Å². The van der Waals surface area contributed by atoms with Gasteiger partial charge in [0.2, 0.25) is 0 Å². The highest BCUT2D eigenvalue weighted by Gasteiger charge is 2.25. The van der Waals surface area contributed by atoms with E-state index in [-0.39, 0.29) is 0 Å². The molecule has 0 aliphatic heterocycles. The monoisotopic (exact) mass is 141 g/mol. The zero-order valence-electron chi connectivity index (χ0n) is 7.14. The summed E-state index contributed by atoms with van der Waals surface area (Å²) in [5, 5.41) is 0. The van der Waals surface area contributed by atoms with Gasteiger partial charge in [-0.15, -0.1) is 0 Å². The molecule has 60 valence electrons. The van der Waals surface area contributed by atoms with Gasteiger partial charge in [0.1, 0.15) is 0 Å². The quantitative estimate of drug-likeness (QED) is 0.594. The molecule has 0 heterocycles. The second-order valence-corrected chi connectivity index (χ2v) is 3.76. The van der Waals surface area contributed by atoms with Crippen LogP contribution in [0, 0.1) is 17.8 Å². The smallest absolute Gasteiger partial charge is 0.00462 e. The molecule has 1 saturated carbocycles. The van der Waals surface area contributed by atoms with Crippen LogP contribution in [0.4, 0.5) is 0 Å².